The zero-order valence-electron chi connectivity index (χ0n) is 13.7. The van der Waals surface area contributed by atoms with Crippen LogP contribution in [0.4, 0.5) is 0 Å². The number of aromatic nitrogens is 3. The molecule has 0 fully saturated rings. The molecule has 128 valence electrons. The molecule has 3 aromatic rings. The Bertz CT molecular complexity index is 900. The maximum atomic E-state index is 11.7. The van der Waals surface area contributed by atoms with Crippen molar-refractivity contribution in [1.82, 2.24) is 14.8 Å². The molecule has 0 N–H and O–H groups in total. The van der Waals surface area contributed by atoms with E-state index in [1.54, 1.807) is 61.1 Å². The van der Waals surface area contributed by atoms with E-state index in [1.807, 2.05) is 0 Å². The van der Waals surface area contributed by atoms with Crippen LogP contribution in [-0.2, 0) is 11.8 Å². The molecular formula is C18H15Cl2N3O2. The van der Waals surface area contributed by atoms with Crippen LogP contribution in [0.3, 0.4) is 0 Å². The summed E-state index contributed by atoms with van der Waals surface area (Å²) in [4.78, 5) is 16.3. The van der Waals surface area contributed by atoms with Crippen molar-refractivity contribution in [2.75, 3.05) is 6.61 Å². The quantitative estimate of drug-likeness (QED) is 0.623. The number of carbonyl (C=O) groups excluding carboxylic acids is 1. The minimum Gasteiger partial charge on any atom is -0.462 e. The topological polar surface area (TPSA) is 57.0 Å². The molecule has 7 heteroatoms. The first-order valence-corrected chi connectivity index (χ1v) is 8.39. The maximum Gasteiger partial charge on any atom is 0.338 e. The number of aryl methyl sites for hydroxylation is 1. The second-order valence-electron chi connectivity index (χ2n) is 5.28. The average Bonchev–Trinajstić information content (AvgIpc) is 2.96. The molecule has 0 unspecified atom stereocenters. The van der Waals surface area contributed by atoms with Gasteiger partial charge in [-0.25, -0.2) is 14.5 Å². The van der Waals surface area contributed by atoms with E-state index in [2.05, 4.69) is 10.1 Å². The monoisotopic (exact) mass is 375 g/mol. The van der Waals surface area contributed by atoms with Gasteiger partial charge in [-0.05, 0) is 31.2 Å². The zero-order chi connectivity index (χ0) is 18.0. The van der Waals surface area contributed by atoms with E-state index < -0.39 is 0 Å². The number of benzene rings is 2. The minimum atomic E-state index is -0.351. The summed E-state index contributed by atoms with van der Waals surface area (Å²) in [6, 6.07) is 12.3. The van der Waals surface area contributed by atoms with E-state index in [9.17, 15) is 4.79 Å². The lowest BCUT2D eigenvalue weighted by molar-refractivity contribution is 0.0526. The Morgan fingerprint density at radius 1 is 1.12 bits per heavy atom. The lowest BCUT2D eigenvalue weighted by Gasteiger charge is -2.03. The summed E-state index contributed by atoms with van der Waals surface area (Å²) >= 11 is 12.5. The van der Waals surface area contributed by atoms with Gasteiger partial charge in [0.05, 0.1) is 27.8 Å². The summed E-state index contributed by atoms with van der Waals surface area (Å²) in [6.07, 6.45) is 0. The number of nitrogens with zero attached hydrogens (tertiary/aromatic N) is 3. The first kappa shape index (κ1) is 17.5. The highest BCUT2D eigenvalue weighted by Gasteiger charge is 2.17. The fraction of sp³-hybridized carbons (Fsp3) is 0.167. The molecule has 5 nitrogen and oxygen atoms in total. The fourth-order valence-electron chi connectivity index (χ4n) is 2.42. The van der Waals surface area contributed by atoms with Crippen LogP contribution in [-0.4, -0.2) is 27.3 Å². The van der Waals surface area contributed by atoms with Crippen molar-refractivity contribution in [3.05, 3.63) is 58.1 Å². The van der Waals surface area contributed by atoms with Crippen molar-refractivity contribution in [3.63, 3.8) is 0 Å². The minimum absolute atomic E-state index is 0.339. The van der Waals surface area contributed by atoms with Gasteiger partial charge >= 0.3 is 5.97 Å². The van der Waals surface area contributed by atoms with Crippen molar-refractivity contribution in [3.8, 4) is 22.8 Å². The second kappa shape index (κ2) is 7.25. The largest absolute Gasteiger partial charge is 0.462 e. The third-order valence-corrected chi connectivity index (χ3v) is 4.23. The highest BCUT2D eigenvalue weighted by Crippen LogP contribution is 2.33. The van der Waals surface area contributed by atoms with Crippen LogP contribution in [0.5, 0.6) is 0 Å². The summed E-state index contributed by atoms with van der Waals surface area (Å²) in [7, 11) is 1.79. The van der Waals surface area contributed by atoms with Crippen molar-refractivity contribution in [2.45, 2.75) is 6.92 Å². The van der Waals surface area contributed by atoms with E-state index >= 15 is 0 Å². The summed E-state index contributed by atoms with van der Waals surface area (Å²) in [5, 5.41) is 5.39. The third-order valence-electron chi connectivity index (χ3n) is 3.60. The van der Waals surface area contributed by atoms with Gasteiger partial charge in [-0.15, -0.1) is 0 Å². The van der Waals surface area contributed by atoms with Gasteiger partial charge < -0.3 is 4.74 Å². The molecule has 0 saturated carbocycles. The Morgan fingerprint density at radius 3 is 2.36 bits per heavy atom. The normalized spacial score (nSPS) is 10.7. The molecular weight excluding hydrogens is 361 g/mol. The van der Waals surface area contributed by atoms with Crippen LogP contribution in [0.2, 0.25) is 10.0 Å². The molecule has 0 radical (unpaired) electrons. The van der Waals surface area contributed by atoms with E-state index in [0.717, 1.165) is 5.56 Å². The van der Waals surface area contributed by atoms with Gasteiger partial charge in [0.25, 0.3) is 0 Å². The first-order chi connectivity index (χ1) is 12.0. The lowest BCUT2D eigenvalue weighted by atomic mass is 10.1. The molecule has 2 aromatic carbocycles. The molecule has 0 amide bonds. The predicted molar refractivity (Wildman–Crippen MR) is 97.9 cm³/mol. The van der Waals surface area contributed by atoms with Gasteiger partial charge in [0.15, 0.2) is 11.6 Å². The van der Waals surface area contributed by atoms with E-state index in [4.69, 9.17) is 27.9 Å². The lowest BCUT2D eigenvalue weighted by Crippen LogP contribution is -2.04. The van der Waals surface area contributed by atoms with Crippen LogP contribution < -0.4 is 0 Å². The fourth-order valence-corrected chi connectivity index (χ4v) is 2.99. The molecule has 0 atom stereocenters. The Labute approximate surface area is 155 Å². The van der Waals surface area contributed by atoms with E-state index in [-0.39, 0.29) is 5.97 Å². The Hall–Kier alpha value is -2.37. The van der Waals surface area contributed by atoms with Gasteiger partial charge in [0.1, 0.15) is 0 Å². The van der Waals surface area contributed by atoms with Crippen molar-refractivity contribution in [2.24, 2.45) is 7.05 Å². The SMILES string of the molecule is CCOC(=O)c1ccc(-c2nc(-c3c(Cl)cccc3Cl)nn2C)cc1. The van der Waals surface area contributed by atoms with Gasteiger partial charge in [-0.2, -0.15) is 5.10 Å². The van der Waals surface area contributed by atoms with Crippen molar-refractivity contribution < 1.29 is 9.53 Å². The first-order valence-electron chi connectivity index (χ1n) is 7.64. The molecule has 0 aliphatic heterocycles. The molecule has 0 bridgehead atoms. The molecule has 0 aliphatic carbocycles. The van der Waals surface area contributed by atoms with Gasteiger partial charge in [-0.1, -0.05) is 41.4 Å². The maximum absolute atomic E-state index is 11.7. The summed E-state index contributed by atoms with van der Waals surface area (Å²) < 4.78 is 6.63. The van der Waals surface area contributed by atoms with Gasteiger partial charge in [0, 0.05) is 12.6 Å². The van der Waals surface area contributed by atoms with Crippen LogP contribution in [0, 0.1) is 0 Å². The molecule has 0 aliphatic rings. The number of hydrogen-bond donors (Lipinski definition) is 0. The highest BCUT2D eigenvalue weighted by atomic mass is 35.5. The van der Waals surface area contributed by atoms with E-state index in [0.29, 0.717) is 39.4 Å². The summed E-state index contributed by atoms with van der Waals surface area (Å²) in [6.45, 7) is 2.11. The van der Waals surface area contributed by atoms with Crippen molar-refractivity contribution >= 4 is 29.2 Å². The molecule has 3 rings (SSSR count). The summed E-state index contributed by atoms with van der Waals surface area (Å²) in [5.41, 5.74) is 1.90. The van der Waals surface area contributed by atoms with Crippen LogP contribution in [0.25, 0.3) is 22.8 Å². The summed E-state index contributed by atoms with van der Waals surface area (Å²) in [5.74, 6) is 0.736. The number of esters is 1. The van der Waals surface area contributed by atoms with E-state index in [1.165, 1.54) is 0 Å². The smallest absolute Gasteiger partial charge is 0.338 e. The van der Waals surface area contributed by atoms with Gasteiger partial charge in [0.2, 0.25) is 0 Å². The predicted octanol–water partition coefficient (Wildman–Crippen LogP) is 4.63. The number of rotatable bonds is 4. The molecule has 1 aromatic heterocycles. The standard InChI is InChI=1S/C18H15Cl2N3O2/c1-3-25-18(24)12-9-7-11(8-10-12)17-21-16(22-23(17)2)15-13(19)5-4-6-14(15)20/h4-10H,3H2,1-2H3. The second-order valence-corrected chi connectivity index (χ2v) is 6.09. The van der Waals surface area contributed by atoms with Gasteiger partial charge in [-0.3, -0.25) is 0 Å². The van der Waals surface area contributed by atoms with Crippen LogP contribution >= 0.6 is 23.2 Å². The Morgan fingerprint density at radius 2 is 1.76 bits per heavy atom. The molecule has 25 heavy (non-hydrogen) atoms. The Balaban J connectivity index is 1.97. The third kappa shape index (κ3) is 3.52. The molecule has 1 heterocycles. The van der Waals surface area contributed by atoms with Crippen LogP contribution in [0.15, 0.2) is 42.5 Å². The highest BCUT2D eigenvalue weighted by molar-refractivity contribution is 6.38. The van der Waals surface area contributed by atoms with Crippen LogP contribution in [0.1, 0.15) is 17.3 Å². The number of carbonyl (C=O) groups is 1. The number of ether oxygens (including phenoxy) is 1. The average molecular weight is 376 g/mol. The number of halogens is 2. The van der Waals surface area contributed by atoms with Crippen molar-refractivity contribution in [1.29, 1.82) is 0 Å². The Kier molecular flexibility index (Phi) is 5.06. The number of hydrogen-bond acceptors (Lipinski definition) is 4. The molecule has 0 saturated heterocycles. The zero-order valence-corrected chi connectivity index (χ0v) is 15.2. The molecule has 0 spiro atoms.